The van der Waals surface area contributed by atoms with Crippen LogP contribution in [0.4, 0.5) is 13.2 Å². The van der Waals surface area contributed by atoms with Crippen LogP contribution in [-0.4, -0.2) is 67.3 Å². The third-order valence-electron chi connectivity index (χ3n) is 4.03. The smallest absolute Gasteiger partial charge is 0.381 e. The van der Waals surface area contributed by atoms with Crippen molar-refractivity contribution in [3.8, 4) is 0 Å². The van der Waals surface area contributed by atoms with Crippen LogP contribution in [0.1, 0.15) is 25.7 Å². The van der Waals surface area contributed by atoms with E-state index in [2.05, 4.69) is 4.90 Å². The first kappa shape index (κ1) is 15.6. The fraction of sp³-hybridized carbons (Fsp3) is 0.923. The average molecular weight is 294 g/mol. The molecule has 1 atom stereocenters. The molecule has 0 spiro atoms. The Hall–Kier alpha value is -0.820. The molecule has 2 heterocycles. The second-order valence-electron chi connectivity index (χ2n) is 5.55. The highest BCUT2D eigenvalue weighted by molar-refractivity contribution is 5.82. The van der Waals surface area contributed by atoms with Crippen LogP contribution in [0.3, 0.4) is 0 Å². The molecule has 0 aromatic rings. The van der Waals surface area contributed by atoms with Gasteiger partial charge in [0.2, 0.25) is 5.91 Å². The minimum atomic E-state index is -4.34. The number of carbonyl (C=O) groups is 1. The zero-order valence-electron chi connectivity index (χ0n) is 11.7. The second kappa shape index (κ2) is 6.30. The average Bonchev–Trinajstić information content (AvgIpc) is 2.86. The van der Waals surface area contributed by atoms with Crippen molar-refractivity contribution in [3.63, 3.8) is 0 Å². The molecule has 2 aliphatic heterocycles. The van der Waals surface area contributed by atoms with E-state index in [4.69, 9.17) is 4.74 Å². The van der Waals surface area contributed by atoms with Gasteiger partial charge in [-0.3, -0.25) is 9.69 Å². The van der Waals surface area contributed by atoms with Crippen LogP contribution in [0.2, 0.25) is 0 Å². The minimum Gasteiger partial charge on any atom is -0.381 e. The number of rotatable bonds is 3. The predicted octanol–water partition coefficient (Wildman–Crippen LogP) is 1.65. The van der Waals surface area contributed by atoms with E-state index < -0.39 is 24.7 Å². The number of carbonyl (C=O) groups excluding carboxylic acids is 1. The quantitative estimate of drug-likeness (QED) is 0.793. The van der Waals surface area contributed by atoms with Gasteiger partial charge in [0, 0.05) is 26.3 Å². The van der Waals surface area contributed by atoms with Gasteiger partial charge in [-0.05, 0) is 32.2 Å². The number of halogens is 3. The summed E-state index contributed by atoms with van der Waals surface area (Å²) in [5.41, 5.74) is 0. The summed E-state index contributed by atoms with van der Waals surface area (Å²) >= 11 is 0. The van der Waals surface area contributed by atoms with Crippen LogP contribution < -0.4 is 0 Å². The maximum Gasteiger partial charge on any atom is 0.406 e. The summed E-state index contributed by atoms with van der Waals surface area (Å²) in [5, 5.41) is 0. The topological polar surface area (TPSA) is 32.8 Å². The molecule has 0 aromatic carbocycles. The highest BCUT2D eigenvalue weighted by Gasteiger charge is 2.39. The number of hydrogen-bond donors (Lipinski definition) is 0. The largest absolute Gasteiger partial charge is 0.406 e. The lowest BCUT2D eigenvalue weighted by Gasteiger charge is -2.36. The summed E-state index contributed by atoms with van der Waals surface area (Å²) in [4.78, 5) is 15.1. The van der Waals surface area contributed by atoms with Gasteiger partial charge in [-0.25, -0.2) is 0 Å². The van der Waals surface area contributed by atoms with Crippen molar-refractivity contribution >= 4 is 5.91 Å². The Bertz CT molecular complexity index is 343. The van der Waals surface area contributed by atoms with Crippen molar-refractivity contribution < 1.29 is 22.7 Å². The molecule has 0 bridgehead atoms. The molecule has 2 rings (SSSR count). The van der Waals surface area contributed by atoms with Crippen molar-refractivity contribution in [2.24, 2.45) is 0 Å². The lowest BCUT2D eigenvalue weighted by atomic mass is 10.1. The predicted molar refractivity (Wildman–Crippen MR) is 67.3 cm³/mol. The van der Waals surface area contributed by atoms with Gasteiger partial charge in [0.1, 0.15) is 6.54 Å². The minimum absolute atomic E-state index is 0.263. The maximum atomic E-state index is 12.4. The van der Waals surface area contributed by atoms with E-state index >= 15 is 0 Å². The second-order valence-corrected chi connectivity index (χ2v) is 5.55. The monoisotopic (exact) mass is 294 g/mol. The first-order valence-corrected chi connectivity index (χ1v) is 7.04. The third-order valence-corrected chi connectivity index (χ3v) is 4.03. The summed E-state index contributed by atoms with van der Waals surface area (Å²) in [6.45, 7) is 0.950. The fourth-order valence-corrected chi connectivity index (χ4v) is 3.11. The number of alkyl halides is 3. The molecule has 0 radical (unpaired) electrons. The molecule has 20 heavy (non-hydrogen) atoms. The number of likely N-dealkylation sites (N-methyl/N-ethyl adjacent to an activating group) is 1. The molecule has 0 saturated carbocycles. The van der Waals surface area contributed by atoms with Gasteiger partial charge < -0.3 is 9.64 Å². The standard InChI is InChI=1S/C13H21F3N2O2/c1-17(9-13(14,15)16)12(19)11-3-2-6-18(11)10-4-7-20-8-5-10/h10-11H,2-9H2,1H3. The van der Waals surface area contributed by atoms with Crippen LogP contribution in [-0.2, 0) is 9.53 Å². The Balaban J connectivity index is 1.97. The van der Waals surface area contributed by atoms with Gasteiger partial charge in [0.15, 0.2) is 0 Å². The molecule has 2 fully saturated rings. The van der Waals surface area contributed by atoms with Crippen LogP contribution in [0.5, 0.6) is 0 Å². The van der Waals surface area contributed by atoms with Gasteiger partial charge in [-0.15, -0.1) is 0 Å². The first-order chi connectivity index (χ1) is 9.38. The van der Waals surface area contributed by atoms with Gasteiger partial charge in [-0.1, -0.05) is 0 Å². The van der Waals surface area contributed by atoms with Crippen LogP contribution >= 0.6 is 0 Å². The molecule has 7 heteroatoms. The van der Waals surface area contributed by atoms with E-state index in [-0.39, 0.29) is 6.04 Å². The highest BCUT2D eigenvalue weighted by Crippen LogP contribution is 2.27. The van der Waals surface area contributed by atoms with E-state index in [1.165, 1.54) is 7.05 Å². The van der Waals surface area contributed by atoms with Crippen molar-refractivity contribution in [2.45, 2.75) is 43.9 Å². The summed E-state index contributed by atoms with van der Waals surface area (Å²) in [6, 6.07) is -0.134. The van der Waals surface area contributed by atoms with Crippen molar-refractivity contribution in [3.05, 3.63) is 0 Å². The molecular weight excluding hydrogens is 273 g/mol. The number of hydrogen-bond acceptors (Lipinski definition) is 3. The van der Waals surface area contributed by atoms with Crippen LogP contribution in [0.15, 0.2) is 0 Å². The molecule has 2 aliphatic rings. The Morgan fingerprint density at radius 2 is 1.95 bits per heavy atom. The van der Waals surface area contributed by atoms with Crippen LogP contribution in [0.25, 0.3) is 0 Å². The van der Waals surface area contributed by atoms with Gasteiger partial charge in [-0.2, -0.15) is 13.2 Å². The molecule has 0 N–H and O–H groups in total. The fourth-order valence-electron chi connectivity index (χ4n) is 3.11. The lowest BCUT2D eigenvalue weighted by Crippen LogP contribution is -2.51. The summed E-state index contributed by atoms with van der Waals surface area (Å²) < 4.78 is 42.4. The zero-order chi connectivity index (χ0) is 14.8. The lowest BCUT2D eigenvalue weighted by molar-refractivity contribution is -0.161. The molecule has 4 nitrogen and oxygen atoms in total. The normalized spacial score (nSPS) is 25.9. The molecule has 1 amide bonds. The van der Waals surface area contributed by atoms with E-state index in [9.17, 15) is 18.0 Å². The highest BCUT2D eigenvalue weighted by atomic mass is 19.4. The third kappa shape index (κ3) is 3.85. The Morgan fingerprint density at radius 1 is 1.30 bits per heavy atom. The SMILES string of the molecule is CN(CC(F)(F)F)C(=O)C1CCCN1C1CCOCC1. The molecule has 2 saturated heterocycles. The summed E-state index contributed by atoms with van der Waals surface area (Å²) in [5.74, 6) is -0.411. The van der Waals surface area contributed by atoms with Crippen molar-refractivity contribution in [1.29, 1.82) is 0 Å². The first-order valence-electron chi connectivity index (χ1n) is 7.04. The number of nitrogens with zero attached hydrogens (tertiary/aromatic N) is 2. The molecule has 116 valence electrons. The van der Waals surface area contributed by atoms with Gasteiger partial charge >= 0.3 is 6.18 Å². The van der Waals surface area contributed by atoms with Gasteiger partial charge in [0.05, 0.1) is 6.04 Å². The number of likely N-dealkylation sites (tertiary alicyclic amines) is 1. The molecular formula is C13H21F3N2O2. The molecule has 0 aromatic heterocycles. The summed E-state index contributed by atoms with van der Waals surface area (Å²) in [6.07, 6.45) is -1.11. The maximum absolute atomic E-state index is 12.4. The van der Waals surface area contributed by atoms with E-state index in [0.717, 1.165) is 30.7 Å². The number of amides is 1. The molecule has 1 unspecified atom stereocenters. The molecule has 0 aliphatic carbocycles. The van der Waals surface area contributed by atoms with Crippen molar-refractivity contribution in [1.82, 2.24) is 9.80 Å². The van der Waals surface area contributed by atoms with E-state index in [0.29, 0.717) is 19.6 Å². The van der Waals surface area contributed by atoms with Gasteiger partial charge in [0.25, 0.3) is 0 Å². The zero-order valence-corrected chi connectivity index (χ0v) is 11.7. The summed E-state index contributed by atoms with van der Waals surface area (Å²) in [7, 11) is 1.23. The van der Waals surface area contributed by atoms with Crippen LogP contribution in [0, 0.1) is 0 Å². The Labute approximate surface area is 116 Å². The Morgan fingerprint density at radius 3 is 2.55 bits per heavy atom. The Kier molecular flexibility index (Phi) is 4.90. The number of ether oxygens (including phenoxy) is 1. The van der Waals surface area contributed by atoms with Crippen molar-refractivity contribution in [2.75, 3.05) is 33.4 Å². The van der Waals surface area contributed by atoms with E-state index in [1.807, 2.05) is 0 Å². The van der Waals surface area contributed by atoms with E-state index in [1.54, 1.807) is 0 Å².